The average molecular weight is 375 g/mol. The Balaban J connectivity index is 1.93. The van der Waals surface area contributed by atoms with Crippen LogP contribution in [-0.4, -0.2) is 45.5 Å². The van der Waals surface area contributed by atoms with Gasteiger partial charge in [-0.2, -0.15) is 9.41 Å². The summed E-state index contributed by atoms with van der Waals surface area (Å²) in [5.41, 5.74) is 4.04. The number of hydrogen-bond acceptors (Lipinski definition) is 5. The van der Waals surface area contributed by atoms with Crippen molar-refractivity contribution < 1.29 is 17.9 Å². The first-order valence-electron chi connectivity index (χ1n) is 7.82. The van der Waals surface area contributed by atoms with E-state index in [0.29, 0.717) is 5.75 Å². The Kier molecular flexibility index (Phi) is 6.48. The van der Waals surface area contributed by atoms with Gasteiger partial charge in [-0.1, -0.05) is 17.7 Å². The molecule has 0 unspecified atom stereocenters. The fraction of sp³-hybridized carbons (Fsp3) is 0.222. The van der Waals surface area contributed by atoms with Gasteiger partial charge in [0.2, 0.25) is 10.0 Å². The largest absolute Gasteiger partial charge is 0.497 e. The molecule has 0 atom stereocenters. The molecule has 0 aliphatic heterocycles. The van der Waals surface area contributed by atoms with Crippen molar-refractivity contribution in [3.63, 3.8) is 0 Å². The summed E-state index contributed by atoms with van der Waals surface area (Å²) in [5.74, 6) is 0.182. The molecule has 2 aromatic carbocycles. The van der Waals surface area contributed by atoms with Crippen molar-refractivity contribution in [2.45, 2.75) is 11.8 Å². The molecule has 0 spiro atoms. The molecule has 2 rings (SSSR count). The SMILES string of the molecule is COc1ccc(/C=N/NC(=O)CN(C)S(=O)(=O)c2ccc(C)cc2)cc1. The molecule has 7 nitrogen and oxygen atoms in total. The van der Waals surface area contributed by atoms with Gasteiger partial charge in [0.1, 0.15) is 5.75 Å². The van der Waals surface area contributed by atoms with Crippen molar-refractivity contribution in [2.75, 3.05) is 20.7 Å². The van der Waals surface area contributed by atoms with Gasteiger partial charge in [0.15, 0.2) is 0 Å². The monoisotopic (exact) mass is 375 g/mol. The van der Waals surface area contributed by atoms with Gasteiger partial charge in [-0.15, -0.1) is 0 Å². The first-order valence-corrected chi connectivity index (χ1v) is 9.26. The number of ether oxygens (including phenoxy) is 1. The van der Waals surface area contributed by atoms with E-state index >= 15 is 0 Å². The third kappa shape index (κ3) is 5.14. The van der Waals surface area contributed by atoms with E-state index in [-0.39, 0.29) is 11.4 Å². The van der Waals surface area contributed by atoms with E-state index in [1.54, 1.807) is 43.5 Å². The van der Waals surface area contributed by atoms with Gasteiger partial charge in [0.25, 0.3) is 5.91 Å². The van der Waals surface area contributed by atoms with Crippen LogP contribution in [0.3, 0.4) is 0 Å². The Hall–Kier alpha value is -2.71. The van der Waals surface area contributed by atoms with E-state index in [0.717, 1.165) is 15.4 Å². The highest BCUT2D eigenvalue weighted by molar-refractivity contribution is 7.89. The van der Waals surface area contributed by atoms with Crippen LogP contribution < -0.4 is 10.2 Å². The van der Waals surface area contributed by atoms with Crippen LogP contribution in [0.5, 0.6) is 5.75 Å². The lowest BCUT2D eigenvalue weighted by molar-refractivity contribution is -0.121. The fourth-order valence-corrected chi connectivity index (χ4v) is 3.21. The number of aryl methyl sites for hydroxylation is 1. The molecule has 8 heteroatoms. The molecule has 2 aromatic rings. The molecule has 0 saturated carbocycles. The quantitative estimate of drug-likeness (QED) is 0.590. The summed E-state index contributed by atoms with van der Waals surface area (Å²) in [4.78, 5) is 12.1. The number of carbonyl (C=O) groups excluding carboxylic acids is 1. The Bertz CT molecular complexity index is 876. The second-order valence-electron chi connectivity index (χ2n) is 5.64. The van der Waals surface area contributed by atoms with Crippen LogP contribution in [0.15, 0.2) is 58.5 Å². The third-order valence-corrected chi connectivity index (χ3v) is 5.43. The minimum Gasteiger partial charge on any atom is -0.497 e. The van der Waals surface area contributed by atoms with E-state index in [1.165, 1.54) is 25.4 Å². The van der Waals surface area contributed by atoms with E-state index in [9.17, 15) is 13.2 Å². The van der Waals surface area contributed by atoms with Gasteiger partial charge in [0.05, 0.1) is 24.8 Å². The van der Waals surface area contributed by atoms with Crippen LogP contribution >= 0.6 is 0 Å². The molecule has 0 radical (unpaired) electrons. The van der Waals surface area contributed by atoms with E-state index in [2.05, 4.69) is 10.5 Å². The lowest BCUT2D eigenvalue weighted by atomic mass is 10.2. The van der Waals surface area contributed by atoms with Crippen LogP contribution in [0.4, 0.5) is 0 Å². The van der Waals surface area contributed by atoms with Crippen molar-refractivity contribution in [2.24, 2.45) is 5.10 Å². The molecule has 0 aromatic heterocycles. The topological polar surface area (TPSA) is 88.1 Å². The first kappa shape index (κ1) is 19.6. The van der Waals surface area contributed by atoms with Gasteiger partial charge in [-0.3, -0.25) is 4.79 Å². The highest BCUT2D eigenvalue weighted by Gasteiger charge is 2.22. The summed E-state index contributed by atoms with van der Waals surface area (Å²) in [7, 11) is -0.806. The maximum atomic E-state index is 12.4. The molecule has 138 valence electrons. The summed E-state index contributed by atoms with van der Waals surface area (Å²) >= 11 is 0. The van der Waals surface area contributed by atoms with Crippen LogP contribution in [0.1, 0.15) is 11.1 Å². The van der Waals surface area contributed by atoms with E-state index in [1.807, 2.05) is 6.92 Å². The maximum absolute atomic E-state index is 12.4. The number of sulfonamides is 1. The van der Waals surface area contributed by atoms with Crippen LogP contribution in [0, 0.1) is 6.92 Å². The number of hydrazone groups is 1. The predicted molar refractivity (Wildman–Crippen MR) is 99.7 cm³/mol. The van der Waals surface area contributed by atoms with Gasteiger partial charge in [-0.25, -0.2) is 13.8 Å². The summed E-state index contributed by atoms with van der Waals surface area (Å²) < 4.78 is 30.9. The number of amides is 1. The van der Waals surface area contributed by atoms with Crippen molar-refractivity contribution in [1.29, 1.82) is 0 Å². The number of rotatable bonds is 7. The average Bonchev–Trinajstić information content (AvgIpc) is 2.62. The van der Waals surface area contributed by atoms with Crippen molar-refractivity contribution in [3.05, 3.63) is 59.7 Å². The Morgan fingerprint density at radius 1 is 1.15 bits per heavy atom. The standard InChI is InChI=1S/C18H21N3O4S/c1-14-4-10-17(11-5-14)26(23,24)21(2)13-18(22)20-19-12-15-6-8-16(25-3)9-7-15/h4-12H,13H2,1-3H3,(H,20,22)/b19-12+. The number of benzene rings is 2. The number of carbonyl (C=O) groups is 1. The van der Waals surface area contributed by atoms with Gasteiger partial charge < -0.3 is 4.74 Å². The second kappa shape index (κ2) is 8.59. The van der Waals surface area contributed by atoms with Crippen LogP contribution in [0.25, 0.3) is 0 Å². The fourth-order valence-electron chi connectivity index (χ4n) is 2.08. The molecule has 0 bridgehead atoms. The Morgan fingerprint density at radius 3 is 2.35 bits per heavy atom. The molecule has 0 aliphatic carbocycles. The molecule has 0 heterocycles. The summed E-state index contributed by atoms with van der Waals surface area (Å²) in [6.07, 6.45) is 1.46. The molecular weight excluding hydrogens is 354 g/mol. The highest BCUT2D eigenvalue weighted by Crippen LogP contribution is 2.14. The zero-order valence-corrected chi connectivity index (χ0v) is 15.7. The summed E-state index contributed by atoms with van der Waals surface area (Å²) in [5, 5.41) is 3.83. The Labute approximate surface area is 153 Å². The minimum atomic E-state index is -3.73. The predicted octanol–water partition coefficient (Wildman–Crippen LogP) is 1.77. The number of hydrogen-bond donors (Lipinski definition) is 1. The van der Waals surface area contributed by atoms with Crippen molar-refractivity contribution in [1.82, 2.24) is 9.73 Å². The summed E-state index contributed by atoms with van der Waals surface area (Å²) in [6.45, 7) is 1.53. The lowest BCUT2D eigenvalue weighted by Crippen LogP contribution is -2.36. The van der Waals surface area contributed by atoms with Crippen LogP contribution in [0.2, 0.25) is 0 Å². The zero-order chi connectivity index (χ0) is 19.2. The zero-order valence-electron chi connectivity index (χ0n) is 14.8. The first-order chi connectivity index (χ1) is 12.3. The number of nitrogens with zero attached hydrogens (tertiary/aromatic N) is 2. The lowest BCUT2D eigenvalue weighted by Gasteiger charge is -2.16. The smallest absolute Gasteiger partial charge is 0.255 e. The van der Waals surface area contributed by atoms with Crippen LogP contribution in [-0.2, 0) is 14.8 Å². The van der Waals surface area contributed by atoms with Gasteiger partial charge >= 0.3 is 0 Å². The van der Waals surface area contributed by atoms with Crippen molar-refractivity contribution in [3.8, 4) is 5.75 Å². The number of methoxy groups -OCH3 is 1. The summed E-state index contributed by atoms with van der Waals surface area (Å²) in [6, 6.07) is 13.5. The molecule has 26 heavy (non-hydrogen) atoms. The normalized spacial score (nSPS) is 11.7. The second-order valence-corrected chi connectivity index (χ2v) is 7.69. The minimum absolute atomic E-state index is 0.139. The third-order valence-electron chi connectivity index (χ3n) is 3.61. The molecular formula is C18H21N3O4S. The number of likely N-dealkylation sites (N-methyl/N-ethyl adjacent to an activating group) is 1. The molecule has 0 saturated heterocycles. The maximum Gasteiger partial charge on any atom is 0.255 e. The van der Waals surface area contributed by atoms with Gasteiger partial charge in [-0.05, 0) is 48.9 Å². The highest BCUT2D eigenvalue weighted by atomic mass is 32.2. The van der Waals surface area contributed by atoms with Crippen molar-refractivity contribution >= 4 is 22.1 Å². The molecule has 1 amide bonds. The van der Waals surface area contributed by atoms with E-state index in [4.69, 9.17) is 4.74 Å². The molecule has 0 aliphatic rings. The molecule has 0 fully saturated rings. The number of nitrogens with one attached hydrogen (secondary N) is 1. The van der Waals surface area contributed by atoms with Gasteiger partial charge in [0, 0.05) is 7.05 Å². The van der Waals surface area contributed by atoms with E-state index < -0.39 is 15.9 Å². The molecule has 1 N–H and O–H groups in total. The Morgan fingerprint density at radius 2 is 1.77 bits per heavy atom.